The average molecular weight is 276 g/mol. The molecular weight excluding hydrogens is 261 g/mol. The number of aliphatic hydroxyl groups excluding tert-OH is 1. The molecule has 2 amide bonds. The summed E-state index contributed by atoms with van der Waals surface area (Å²) in [6.07, 6.45) is -4.11. The van der Waals surface area contributed by atoms with Crippen LogP contribution in [-0.2, 0) is 6.42 Å². The van der Waals surface area contributed by atoms with E-state index < -0.39 is 24.8 Å². The summed E-state index contributed by atoms with van der Waals surface area (Å²) in [6.45, 7) is -1.75. The van der Waals surface area contributed by atoms with Crippen LogP contribution < -0.4 is 10.6 Å². The number of aliphatic hydroxyl groups is 1. The quantitative estimate of drug-likeness (QED) is 0.762. The first-order valence-corrected chi connectivity index (χ1v) is 5.66. The van der Waals surface area contributed by atoms with Crippen LogP contribution in [0.25, 0.3) is 0 Å². The molecule has 0 aliphatic heterocycles. The Morgan fingerprint density at radius 3 is 2.42 bits per heavy atom. The topological polar surface area (TPSA) is 61.4 Å². The Morgan fingerprint density at radius 2 is 1.89 bits per heavy atom. The van der Waals surface area contributed by atoms with Crippen LogP contribution in [-0.4, -0.2) is 36.5 Å². The molecule has 1 aromatic carbocycles. The molecule has 0 fully saturated rings. The van der Waals surface area contributed by atoms with Gasteiger partial charge >= 0.3 is 12.2 Å². The number of nitrogens with one attached hydrogen (secondary N) is 2. The zero-order chi connectivity index (χ0) is 14.3. The minimum Gasteiger partial charge on any atom is -0.394 e. The van der Waals surface area contributed by atoms with Gasteiger partial charge in [0.15, 0.2) is 0 Å². The van der Waals surface area contributed by atoms with E-state index in [0.717, 1.165) is 5.56 Å². The maximum Gasteiger partial charge on any atom is 0.405 e. The standard InChI is InChI=1S/C12H15F3N2O2/c13-12(14,15)8-16-11(19)17-10(7-18)6-9-4-2-1-3-5-9/h1-5,10,18H,6-8H2,(H2,16,17,19)/t10-/m0/s1. The summed E-state index contributed by atoms with van der Waals surface area (Å²) in [5, 5.41) is 13.1. The van der Waals surface area contributed by atoms with Crippen molar-refractivity contribution in [3.63, 3.8) is 0 Å². The largest absolute Gasteiger partial charge is 0.405 e. The first-order chi connectivity index (χ1) is 8.90. The van der Waals surface area contributed by atoms with Gasteiger partial charge in [0.2, 0.25) is 0 Å². The summed E-state index contributed by atoms with van der Waals surface area (Å²) in [7, 11) is 0. The third-order valence-electron chi connectivity index (χ3n) is 2.33. The Bertz CT molecular complexity index is 396. The van der Waals surface area contributed by atoms with E-state index in [1.807, 2.05) is 6.07 Å². The summed E-state index contributed by atoms with van der Waals surface area (Å²) in [5.74, 6) is 0. The van der Waals surface area contributed by atoms with E-state index in [4.69, 9.17) is 5.11 Å². The van der Waals surface area contributed by atoms with Crippen molar-refractivity contribution in [3.05, 3.63) is 35.9 Å². The van der Waals surface area contributed by atoms with Crippen LogP contribution in [0.1, 0.15) is 5.56 Å². The number of benzene rings is 1. The van der Waals surface area contributed by atoms with Crippen molar-refractivity contribution in [3.8, 4) is 0 Å². The lowest BCUT2D eigenvalue weighted by molar-refractivity contribution is -0.122. The van der Waals surface area contributed by atoms with Crippen molar-refractivity contribution < 1.29 is 23.1 Å². The zero-order valence-corrected chi connectivity index (χ0v) is 10.1. The van der Waals surface area contributed by atoms with Crippen molar-refractivity contribution in [1.29, 1.82) is 0 Å². The fourth-order valence-corrected chi connectivity index (χ4v) is 1.48. The van der Waals surface area contributed by atoms with Crippen LogP contribution in [0, 0.1) is 0 Å². The van der Waals surface area contributed by atoms with Crippen LogP contribution in [0.4, 0.5) is 18.0 Å². The van der Waals surface area contributed by atoms with Gasteiger partial charge < -0.3 is 15.7 Å². The van der Waals surface area contributed by atoms with Gasteiger partial charge in [-0.3, -0.25) is 0 Å². The van der Waals surface area contributed by atoms with E-state index in [1.54, 1.807) is 29.6 Å². The first kappa shape index (κ1) is 15.3. The smallest absolute Gasteiger partial charge is 0.394 e. The van der Waals surface area contributed by atoms with Gasteiger partial charge in [-0.15, -0.1) is 0 Å². The fourth-order valence-electron chi connectivity index (χ4n) is 1.48. The van der Waals surface area contributed by atoms with Crippen molar-refractivity contribution in [2.75, 3.05) is 13.2 Å². The predicted octanol–water partition coefficient (Wildman–Crippen LogP) is 1.45. The van der Waals surface area contributed by atoms with Crippen molar-refractivity contribution in [1.82, 2.24) is 10.6 Å². The summed E-state index contributed by atoms with van der Waals surface area (Å²) in [6, 6.07) is 7.45. The van der Waals surface area contributed by atoms with Gasteiger partial charge in [-0.2, -0.15) is 13.2 Å². The molecule has 1 aromatic rings. The lowest BCUT2D eigenvalue weighted by atomic mass is 10.1. The van der Waals surface area contributed by atoms with Crippen LogP contribution in [0.2, 0.25) is 0 Å². The van der Waals surface area contributed by atoms with Crippen molar-refractivity contribution >= 4 is 6.03 Å². The van der Waals surface area contributed by atoms with E-state index in [1.165, 1.54) is 0 Å². The second-order valence-corrected chi connectivity index (χ2v) is 4.01. The molecule has 0 saturated heterocycles. The highest BCUT2D eigenvalue weighted by Gasteiger charge is 2.28. The SMILES string of the molecule is O=C(NCC(F)(F)F)N[C@H](CO)Cc1ccccc1. The molecule has 0 bridgehead atoms. The minimum atomic E-state index is -4.45. The Balaban J connectivity index is 2.42. The minimum absolute atomic E-state index is 0.344. The molecule has 19 heavy (non-hydrogen) atoms. The Kier molecular flexibility index (Phi) is 5.62. The van der Waals surface area contributed by atoms with Crippen molar-refractivity contribution in [2.45, 2.75) is 18.6 Å². The predicted molar refractivity (Wildman–Crippen MR) is 63.6 cm³/mol. The highest BCUT2D eigenvalue weighted by molar-refractivity contribution is 5.74. The summed E-state index contributed by atoms with van der Waals surface area (Å²) in [5.41, 5.74) is 0.873. The van der Waals surface area contributed by atoms with Crippen molar-refractivity contribution in [2.24, 2.45) is 0 Å². The number of amides is 2. The average Bonchev–Trinajstić information content (AvgIpc) is 2.36. The second kappa shape index (κ2) is 6.98. The lowest BCUT2D eigenvalue weighted by Gasteiger charge is -2.17. The molecule has 0 radical (unpaired) electrons. The zero-order valence-electron chi connectivity index (χ0n) is 10.1. The number of alkyl halides is 3. The molecule has 4 nitrogen and oxygen atoms in total. The molecule has 0 saturated carbocycles. The van der Waals surface area contributed by atoms with Crippen LogP contribution >= 0.6 is 0 Å². The number of carbonyl (C=O) groups is 1. The molecule has 7 heteroatoms. The van der Waals surface area contributed by atoms with E-state index >= 15 is 0 Å². The number of halogens is 3. The number of hydrogen-bond acceptors (Lipinski definition) is 2. The van der Waals surface area contributed by atoms with E-state index in [9.17, 15) is 18.0 Å². The molecule has 0 aromatic heterocycles. The number of hydrogen-bond donors (Lipinski definition) is 3. The molecule has 1 rings (SSSR count). The lowest BCUT2D eigenvalue weighted by Crippen LogP contribution is -2.47. The van der Waals surface area contributed by atoms with Gasteiger partial charge in [0.1, 0.15) is 6.54 Å². The summed E-state index contributed by atoms with van der Waals surface area (Å²) in [4.78, 5) is 11.2. The second-order valence-electron chi connectivity index (χ2n) is 4.01. The molecule has 1 atom stereocenters. The van der Waals surface area contributed by atoms with Gasteiger partial charge in [-0.25, -0.2) is 4.79 Å². The fraction of sp³-hybridized carbons (Fsp3) is 0.417. The maximum atomic E-state index is 11.9. The monoisotopic (exact) mass is 276 g/mol. The number of rotatable bonds is 5. The van der Waals surface area contributed by atoms with Crippen LogP contribution in [0.5, 0.6) is 0 Å². The molecule has 0 aliphatic rings. The molecule has 106 valence electrons. The highest BCUT2D eigenvalue weighted by Crippen LogP contribution is 2.12. The Labute approximate surface area is 108 Å². The maximum absolute atomic E-state index is 11.9. The molecule has 0 aliphatic carbocycles. The molecular formula is C12H15F3N2O2. The van der Waals surface area contributed by atoms with Gasteiger partial charge in [0.05, 0.1) is 12.6 Å². The Morgan fingerprint density at radius 1 is 1.26 bits per heavy atom. The molecule has 0 heterocycles. The summed E-state index contributed by atoms with van der Waals surface area (Å²) >= 11 is 0. The number of urea groups is 1. The van der Waals surface area contributed by atoms with Crippen LogP contribution in [0.15, 0.2) is 30.3 Å². The van der Waals surface area contributed by atoms with Gasteiger partial charge in [0, 0.05) is 0 Å². The molecule has 0 spiro atoms. The number of carbonyl (C=O) groups excluding carboxylic acids is 1. The van der Waals surface area contributed by atoms with E-state index in [0.29, 0.717) is 6.42 Å². The summed E-state index contributed by atoms with van der Waals surface area (Å²) < 4.78 is 35.7. The Hall–Kier alpha value is -1.76. The highest BCUT2D eigenvalue weighted by atomic mass is 19.4. The van der Waals surface area contributed by atoms with Crippen LogP contribution in [0.3, 0.4) is 0 Å². The molecule has 3 N–H and O–H groups in total. The third-order valence-corrected chi connectivity index (χ3v) is 2.33. The third kappa shape index (κ3) is 6.66. The van der Waals surface area contributed by atoms with E-state index in [-0.39, 0.29) is 6.61 Å². The molecule has 0 unspecified atom stereocenters. The first-order valence-electron chi connectivity index (χ1n) is 5.66. The normalized spacial score (nSPS) is 12.8. The van der Waals surface area contributed by atoms with E-state index in [2.05, 4.69) is 5.32 Å². The van der Waals surface area contributed by atoms with Gasteiger partial charge in [-0.1, -0.05) is 30.3 Å². The van der Waals surface area contributed by atoms with Gasteiger partial charge in [0.25, 0.3) is 0 Å². The van der Waals surface area contributed by atoms with Gasteiger partial charge in [-0.05, 0) is 12.0 Å².